The zero-order valence-electron chi connectivity index (χ0n) is 20.5. The molecule has 7 heteroatoms. The van der Waals surface area contributed by atoms with Gasteiger partial charge in [0, 0.05) is 18.2 Å². The van der Waals surface area contributed by atoms with Crippen LogP contribution >= 0.6 is 0 Å². The smallest absolute Gasteiger partial charge is 0.265 e. The van der Waals surface area contributed by atoms with Gasteiger partial charge in [-0.3, -0.25) is 0 Å². The lowest BCUT2D eigenvalue weighted by molar-refractivity contribution is 0.589. The summed E-state index contributed by atoms with van der Waals surface area (Å²) in [5.74, 6) is 0.237. The van der Waals surface area contributed by atoms with Crippen LogP contribution < -0.4 is 4.31 Å². The van der Waals surface area contributed by atoms with Gasteiger partial charge in [0.1, 0.15) is 11.6 Å². The fourth-order valence-corrected chi connectivity index (χ4v) is 5.73. The molecule has 0 saturated heterocycles. The highest BCUT2D eigenvalue weighted by atomic mass is 32.2. The number of hydrogen-bond acceptors (Lipinski definition) is 3. The molecular formula is C30H26FN3O2S. The van der Waals surface area contributed by atoms with Crippen LogP contribution in [0.5, 0.6) is 0 Å². The molecular weight excluding hydrogens is 485 g/mol. The van der Waals surface area contributed by atoms with Crippen molar-refractivity contribution in [3.05, 3.63) is 126 Å². The molecule has 1 aromatic heterocycles. The zero-order valence-corrected chi connectivity index (χ0v) is 21.4. The molecule has 0 aliphatic heterocycles. The van der Waals surface area contributed by atoms with E-state index >= 15 is 4.39 Å². The van der Waals surface area contributed by atoms with Crippen LogP contribution in [0.1, 0.15) is 11.1 Å². The summed E-state index contributed by atoms with van der Waals surface area (Å²) in [5.41, 5.74) is 3.17. The Morgan fingerprint density at radius 2 is 1.41 bits per heavy atom. The molecule has 0 saturated carbocycles. The minimum atomic E-state index is -4.06. The number of benzene rings is 4. The third kappa shape index (κ3) is 4.78. The van der Waals surface area contributed by atoms with Gasteiger partial charge in [-0.1, -0.05) is 90.5 Å². The van der Waals surface area contributed by atoms with E-state index in [2.05, 4.69) is 0 Å². The van der Waals surface area contributed by atoms with Crippen molar-refractivity contribution >= 4 is 15.8 Å². The highest BCUT2D eigenvalue weighted by molar-refractivity contribution is 7.92. The molecule has 0 N–H and O–H groups in total. The second-order valence-corrected chi connectivity index (χ2v) is 10.7. The maximum absolute atomic E-state index is 15.2. The molecule has 186 valence electrons. The maximum atomic E-state index is 15.2. The van der Waals surface area contributed by atoms with E-state index in [1.807, 2.05) is 67.6 Å². The number of halogens is 1. The van der Waals surface area contributed by atoms with E-state index in [0.29, 0.717) is 11.5 Å². The standard InChI is InChI=1S/C30H26FN3O2S/c1-22-17-19-25(20-18-22)37(35,36)34(21-23-11-5-3-6-12-23)30-28(26-15-9-10-16-27(26)31)33(2)29(32-30)24-13-7-4-8-14-24/h3-20H,21H2,1-2H3. The van der Waals surface area contributed by atoms with E-state index in [0.717, 1.165) is 16.7 Å². The first-order valence-electron chi connectivity index (χ1n) is 11.9. The Morgan fingerprint density at radius 1 is 0.811 bits per heavy atom. The molecule has 0 amide bonds. The summed E-state index contributed by atoms with van der Waals surface area (Å²) in [6.45, 7) is 1.93. The molecule has 1 heterocycles. The summed E-state index contributed by atoms with van der Waals surface area (Å²) in [7, 11) is -2.29. The van der Waals surface area contributed by atoms with Gasteiger partial charge in [-0.15, -0.1) is 0 Å². The summed E-state index contributed by atoms with van der Waals surface area (Å²) < 4.78 is 46.5. The van der Waals surface area contributed by atoms with Crippen molar-refractivity contribution in [3.8, 4) is 22.6 Å². The number of hydrogen-bond donors (Lipinski definition) is 0. The van der Waals surface area contributed by atoms with Crippen LogP contribution in [-0.2, 0) is 23.6 Å². The van der Waals surface area contributed by atoms with Gasteiger partial charge in [-0.05, 0) is 36.8 Å². The molecule has 5 aromatic rings. The summed E-state index contributed by atoms with van der Waals surface area (Å²) in [6.07, 6.45) is 0. The highest BCUT2D eigenvalue weighted by Crippen LogP contribution is 2.39. The van der Waals surface area contributed by atoms with Gasteiger partial charge >= 0.3 is 0 Å². The van der Waals surface area contributed by atoms with Gasteiger partial charge in [0.05, 0.1) is 17.1 Å². The molecule has 0 unspecified atom stereocenters. The van der Waals surface area contributed by atoms with Crippen LogP contribution in [0.2, 0.25) is 0 Å². The third-order valence-electron chi connectivity index (χ3n) is 6.25. The third-order valence-corrected chi connectivity index (χ3v) is 8.00. The molecule has 5 nitrogen and oxygen atoms in total. The lowest BCUT2D eigenvalue weighted by atomic mass is 10.1. The van der Waals surface area contributed by atoms with E-state index in [1.54, 1.807) is 54.1 Å². The SMILES string of the molecule is Cc1ccc(S(=O)(=O)N(Cc2ccccc2)c2nc(-c3ccccc3)n(C)c2-c2ccccc2F)cc1. The number of aryl methyl sites for hydroxylation is 1. The molecule has 37 heavy (non-hydrogen) atoms. The summed E-state index contributed by atoms with van der Waals surface area (Å²) >= 11 is 0. The van der Waals surface area contributed by atoms with Crippen molar-refractivity contribution < 1.29 is 12.8 Å². The van der Waals surface area contributed by atoms with Crippen molar-refractivity contribution in [1.82, 2.24) is 9.55 Å². The topological polar surface area (TPSA) is 55.2 Å². The number of rotatable bonds is 7. The fraction of sp³-hybridized carbons (Fsp3) is 0.100. The Bertz CT molecular complexity index is 1630. The van der Waals surface area contributed by atoms with Crippen LogP contribution in [0, 0.1) is 12.7 Å². The van der Waals surface area contributed by atoms with E-state index in [-0.39, 0.29) is 22.8 Å². The van der Waals surface area contributed by atoms with E-state index in [4.69, 9.17) is 4.98 Å². The van der Waals surface area contributed by atoms with Crippen molar-refractivity contribution in [2.24, 2.45) is 7.05 Å². The summed E-state index contributed by atoms with van der Waals surface area (Å²) in [6, 6.07) is 31.8. The van der Waals surface area contributed by atoms with Crippen LogP contribution in [0.3, 0.4) is 0 Å². The second-order valence-electron chi connectivity index (χ2n) is 8.82. The van der Waals surface area contributed by atoms with Gasteiger partial charge in [0.2, 0.25) is 0 Å². The Morgan fingerprint density at radius 3 is 2.05 bits per heavy atom. The maximum Gasteiger partial charge on any atom is 0.265 e. The number of imidazole rings is 1. The van der Waals surface area contributed by atoms with Crippen LogP contribution in [0.15, 0.2) is 114 Å². The van der Waals surface area contributed by atoms with Gasteiger partial charge in [-0.2, -0.15) is 0 Å². The number of aromatic nitrogens is 2. The quantitative estimate of drug-likeness (QED) is 0.247. The molecule has 0 aliphatic carbocycles. The Hall–Kier alpha value is -4.23. The van der Waals surface area contributed by atoms with Crippen molar-refractivity contribution in [1.29, 1.82) is 0 Å². The minimum absolute atomic E-state index is 0.0315. The molecule has 0 fully saturated rings. The number of sulfonamides is 1. The molecule has 0 atom stereocenters. The first kappa shape index (κ1) is 24.5. The normalized spacial score (nSPS) is 11.4. The molecule has 0 bridgehead atoms. The van der Waals surface area contributed by atoms with Crippen LogP contribution in [0.25, 0.3) is 22.6 Å². The van der Waals surface area contributed by atoms with Gasteiger partial charge in [0.25, 0.3) is 10.0 Å². The second kappa shape index (κ2) is 10.0. The molecule has 0 aliphatic rings. The van der Waals surface area contributed by atoms with Gasteiger partial charge in [-0.25, -0.2) is 22.1 Å². The average Bonchev–Trinajstić information content (AvgIpc) is 3.25. The van der Waals surface area contributed by atoms with Crippen molar-refractivity contribution in [2.75, 3.05) is 4.31 Å². The van der Waals surface area contributed by atoms with E-state index in [1.165, 1.54) is 10.4 Å². The Labute approximate surface area is 216 Å². The monoisotopic (exact) mass is 511 g/mol. The van der Waals surface area contributed by atoms with Gasteiger partial charge < -0.3 is 4.57 Å². The lowest BCUT2D eigenvalue weighted by Gasteiger charge is -2.24. The Kier molecular flexibility index (Phi) is 6.63. The Balaban J connectivity index is 1.79. The fourth-order valence-electron chi connectivity index (χ4n) is 4.32. The first-order valence-corrected chi connectivity index (χ1v) is 13.3. The highest BCUT2D eigenvalue weighted by Gasteiger charge is 2.32. The van der Waals surface area contributed by atoms with Crippen LogP contribution in [0.4, 0.5) is 10.2 Å². The largest absolute Gasteiger partial charge is 0.325 e. The van der Waals surface area contributed by atoms with E-state index in [9.17, 15) is 8.42 Å². The molecule has 5 rings (SSSR count). The average molecular weight is 512 g/mol. The van der Waals surface area contributed by atoms with Crippen molar-refractivity contribution in [2.45, 2.75) is 18.4 Å². The predicted molar refractivity (Wildman–Crippen MR) is 145 cm³/mol. The van der Waals surface area contributed by atoms with Gasteiger partial charge in [0.15, 0.2) is 5.82 Å². The minimum Gasteiger partial charge on any atom is -0.325 e. The van der Waals surface area contributed by atoms with Crippen LogP contribution in [-0.4, -0.2) is 18.0 Å². The molecule has 0 radical (unpaired) electrons. The zero-order chi connectivity index (χ0) is 26.0. The predicted octanol–water partition coefficient (Wildman–Crippen LogP) is 6.60. The summed E-state index contributed by atoms with van der Waals surface area (Å²) in [5, 5.41) is 0. The summed E-state index contributed by atoms with van der Waals surface area (Å²) in [4.78, 5) is 4.99. The molecule has 4 aromatic carbocycles. The van der Waals surface area contributed by atoms with E-state index < -0.39 is 15.8 Å². The number of anilines is 1. The first-order chi connectivity index (χ1) is 17.9. The number of nitrogens with zero attached hydrogens (tertiary/aromatic N) is 3. The van der Waals surface area contributed by atoms with Crippen molar-refractivity contribution in [3.63, 3.8) is 0 Å². The molecule has 0 spiro atoms. The lowest BCUT2D eigenvalue weighted by Crippen LogP contribution is -2.31.